The molecule has 3 N–H and O–H groups in total. The Morgan fingerprint density at radius 1 is 0.912 bits per heavy atom. The second-order valence-electron chi connectivity index (χ2n) is 8.18. The fraction of sp³-hybridized carbons (Fsp3) is 0.231. The third-order valence-electron chi connectivity index (χ3n) is 6.05. The molecule has 5 nitrogen and oxygen atoms in total. The highest BCUT2D eigenvalue weighted by atomic mass is 19.4. The van der Waals surface area contributed by atoms with E-state index in [1.165, 1.54) is 12.1 Å². The maximum absolute atomic E-state index is 13.7. The number of benzene rings is 3. The topological polar surface area (TPSA) is 89.6 Å². The van der Waals surface area contributed by atoms with Crippen molar-refractivity contribution in [1.82, 2.24) is 0 Å². The number of carbonyl (C=O) groups is 2. The van der Waals surface area contributed by atoms with Crippen LogP contribution in [0.25, 0.3) is 11.1 Å². The van der Waals surface area contributed by atoms with Gasteiger partial charge in [-0.25, -0.2) is 0 Å². The Morgan fingerprint density at radius 3 is 2.00 bits per heavy atom. The van der Waals surface area contributed by atoms with Crippen molar-refractivity contribution in [3.05, 3.63) is 95.1 Å². The van der Waals surface area contributed by atoms with Crippen molar-refractivity contribution in [3.8, 4) is 11.1 Å². The lowest BCUT2D eigenvalue weighted by atomic mass is 9.86. The van der Waals surface area contributed by atoms with Gasteiger partial charge in [-0.3, -0.25) is 9.59 Å². The standard InChI is InChI=1S/C26H22F3NO4/c27-26(28,29)21-12-6-5-11-19(21)24(22(30)13-23(31)32)25(33)34-14-20-17-9-3-1-7-15(17)16-8-2-4-10-18(16)20/h1-12,20,22,24H,13-14,30H2,(H,31,32)/t22-,24+/m0/s1. The van der Waals surface area contributed by atoms with Crippen molar-refractivity contribution >= 4 is 11.9 Å². The first-order valence-electron chi connectivity index (χ1n) is 10.7. The first-order chi connectivity index (χ1) is 16.2. The van der Waals surface area contributed by atoms with E-state index in [1.54, 1.807) is 0 Å². The van der Waals surface area contributed by atoms with E-state index in [0.29, 0.717) is 0 Å². The van der Waals surface area contributed by atoms with Crippen molar-refractivity contribution in [2.24, 2.45) is 5.73 Å². The third-order valence-corrected chi connectivity index (χ3v) is 6.05. The molecule has 2 atom stereocenters. The fourth-order valence-electron chi connectivity index (χ4n) is 4.57. The second kappa shape index (κ2) is 9.30. The molecule has 0 spiro atoms. The van der Waals surface area contributed by atoms with E-state index in [0.717, 1.165) is 34.4 Å². The summed E-state index contributed by atoms with van der Waals surface area (Å²) in [6, 6.07) is 18.4. The van der Waals surface area contributed by atoms with Gasteiger partial charge in [-0.05, 0) is 33.9 Å². The number of carboxylic acids is 1. The zero-order valence-electron chi connectivity index (χ0n) is 18.0. The van der Waals surface area contributed by atoms with Gasteiger partial charge in [0.25, 0.3) is 0 Å². The Bertz CT molecular complexity index is 1180. The van der Waals surface area contributed by atoms with Crippen LogP contribution in [0.2, 0.25) is 0 Å². The predicted octanol–water partition coefficient (Wildman–Crippen LogP) is 4.95. The number of alkyl halides is 3. The van der Waals surface area contributed by atoms with Crippen LogP contribution in [0.15, 0.2) is 72.8 Å². The molecule has 0 aromatic heterocycles. The number of halogens is 3. The van der Waals surface area contributed by atoms with Gasteiger partial charge in [-0.2, -0.15) is 13.2 Å². The third kappa shape index (κ3) is 4.54. The van der Waals surface area contributed by atoms with Crippen LogP contribution >= 0.6 is 0 Å². The molecule has 176 valence electrons. The number of hydrogen-bond acceptors (Lipinski definition) is 4. The molecule has 0 saturated carbocycles. The van der Waals surface area contributed by atoms with Crippen LogP contribution in [0.5, 0.6) is 0 Å². The summed E-state index contributed by atoms with van der Waals surface area (Å²) in [4.78, 5) is 24.4. The molecule has 0 fully saturated rings. The minimum absolute atomic E-state index is 0.114. The zero-order valence-corrected chi connectivity index (χ0v) is 18.0. The highest BCUT2D eigenvalue weighted by Gasteiger charge is 2.40. The van der Waals surface area contributed by atoms with Crippen LogP contribution in [0.4, 0.5) is 13.2 Å². The SMILES string of the molecule is N[C@@H](CC(=O)O)[C@H](C(=O)OCC1c2ccccc2-c2ccccc21)c1ccccc1C(F)(F)F. The minimum atomic E-state index is -4.75. The molecule has 0 saturated heterocycles. The van der Waals surface area contributed by atoms with Gasteiger partial charge in [0.2, 0.25) is 0 Å². The molecule has 8 heteroatoms. The predicted molar refractivity (Wildman–Crippen MR) is 119 cm³/mol. The lowest BCUT2D eigenvalue weighted by Crippen LogP contribution is -2.38. The number of hydrogen-bond donors (Lipinski definition) is 2. The fourth-order valence-corrected chi connectivity index (χ4v) is 4.57. The number of ether oxygens (including phenoxy) is 1. The van der Waals surface area contributed by atoms with Gasteiger partial charge in [0.15, 0.2) is 0 Å². The Kier molecular flexibility index (Phi) is 6.43. The smallest absolute Gasteiger partial charge is 0.416 e. The Labute approximate surface area is 194 Å². The van der Waals surface area contributed by atoms with E-state index in [-0.39, 0.29) is 12.5 Å². The zero-order chi connectivity index (χ0) is 24.5. The average molecular weight is 469 g/mol. The Morgan fingerprint density at radius 2 is 1.44 bits per heavy atom. The van der Waals surface area contributed by atoms with Crippen molar-refractivity contribution in [2.75, 3.05) is 6.61 Å². The lowest BCUT2D eigenvalue weighted by Gasteiger charge is -2.25. The van der Waals surface area contributed by atoms with Gasteiger partial charge in [0.1, 0.15) is 6.61 Å². The van der Waals surface area contributed by atoms with Crippen LogP contribution < -0.4 is 5.73 Å². The molecule has 0 heterocycles. The van der Waals surface area contributed by atoms with Crippen LogP contribution in [0.1, 0.15) is 40.5 Å². The average Bonchev–Trinajstić information content (AvgIpc) is 3.11. The van der Waals surface area contributed by atoms with Gasteiger partial charge < -0.3 is 15.6 Å². The van der Waals surface area contributed by atoms with E-state index in [2.05, 4.69) is 0 Å². The van der Waals surface area contributed by atoms with Gasteiger partial charge >= 0.3 is 18.1 Å². The summed E-state index contributed by atoms with van der Waals surface area (Å²) in [5.41, 5.74) is 8.39. The molecule has 1 aliphatic carbocycles. The molecule has 0 bridgehead atoms. The molecule has 0 radical (unpaired) electrons. The normalized spacial score (nSPS) is 14.7. The largest absolute Gasteiger partial charge is 0.481 e. The van der Waals surface area contributed by atoms with Crippen LogP contribution in [-0.4, -0.2) is 29.7 Å². The molecule has 0 unspecified atom stereocenters. The highest BCUT2D eigenvalue weighted by molar-refractivity contribution is 5.82. The first kappa shape index (κ1) is 23.5. The molecule has 1 aliphatic rings. The maximum Gasteiger partial charge on any atom is 0.416 e. The summed E-state index contributed by atoms with van der Waals surface area (Å²) >= 11 is 0. The quantitative estimate of drug-likeness (QED) is 0.478. The van der Waals surface area contributed by atoms with Crippen molar-refractivity contribution < 1.29 is 32.6 Å². The first-order valence-corrected chi connectivity index (χ1v) is 10.7. The number of rotatable bonds is 7. The van der Waals surface area contributed by atoms with E-state index >= 15 is 0 Å². The summed E-state index contributed by atoms with van der Waals surface area (Å²) < 4.78 is 46.5. The molecular formula is C26H22F3NO4. The lowest BCUT2D eigenvalue weighted by molar-refractivity contribution is -0.147. The number of aliphatic carboxylic acids is 1. The van der Waals surface area contributed by atoms with Gasteiger partial charge in [-0.1, -0.05) is 66.7 Å². The summed E-state index contributed by atoms with van der Waals surface area (Å²) in [6.45, 7) is -0.114. The van der Waals surface area contributed by atoms with Gasteiger partial charge in [0, 0.05) is 12.0 Å². The molecule has 3 aromatic carbocycles. The number of carbonyl (C=O) groups excluding carboxylic acids is 1. The van der Waals surface area contributed by atoms with E-state index in [9.17, 15) is 22.8 Å². The summed E-state index contributed by atoms with van der Waals surface area (Å²) in [5, 5.41) is 9.16. The second-order valence-corrected chi connectivity index (χ2v) is 8.18. The number of esters is 1. The van der Waals surface area contributed by atoms with Crippen molar-refractivity contribution in [2.45, 2.75) is 30.5 Å². The van der Waals surface area contributed by atoms with E-state index in [1.807, 2.05) is 48.5 Å². The summed E-state index contributed by atoms with van der Waals surface area (Å²) in [7, 11) is 0. The highest BCUT2D eigenvalue weighted by Crippen LogP contribution is 2.45. The molecule has 0 aliphatic heterocycles. The van der Waals surface area contributed by atoms with Crippen LogP contribution in [-0.2, 0) is 20.5 Å². The number of nitrogens with two attached hydrogens (primary N) is 1. The van der Waals surface area contributed by atoms with Crippen molar-refractivity contribution in [3.63, 3.8) is 0 Å². The van der Waals surface area contributed by atoms with E-state index in [4.69, 9.17) is 15.6 Å². The maximum atomic E-state index is 13.7. The summed E-state index contributed by atoms with van der Waals surface area (Å²) in [5.74, 6) is -4.22. The Hall–Kier alpha value is -3.65. The van der Waals surface area contributed by atoms with Crippen LogP contribution in [0.3, 0.4) is 0 Å². The molecular weight excluding hydrogens is 447 g/mol. The molecule has 0 amide bonds. The molecule has 3 aromatic rings. The molecule has 34 heavy (non-hydrogen) atoms. The van der Waals surface area contributed by atoms with Gasteiger partial charge in [0.05, 0.1) is 17.9 Å². The van der Waals surface area contributed by atoms with Crippen molar-refractivity contribution in [1.29, 1.82) is 0 Å². The number of carboxylic acid groups (broad SMARTS) is 1. The van der Waals surface area contributed by atoms with Crippen LogP contribution in [0, 0.1) is 0 Å². The monoisotopic (exact) mass is 469 g/mol. The Balaban J connectivity index is 1.65. The van der Waals surface area contributed by atoms with E-state index < -0.39 is 47.6 Å². The summed E-state index contributed by atoms with van der Waals surface area (Å²) in [6.07, 6.45) is -5.44. The van der Waals surface area contributed by atoms with Gasteiger partial charge in [-0.15, -0.1) is 0 Å². The minimum Gasteiger partial charge on any atom is -0.481 e. The molecule has 4 rings (SSSR count). The number of fused-ring (bicyclic) bond motifs is 3.